The van der Waals surface area contributed by atoms with Crippen molar-refractivity contribution < 1.29 is 19.4 Å². The van der Waals surface area contributed by atoms with E-state index in [4.69, 9.17) is 4.74 Å². The van der Waals surface area contributed by atoms with Gasteiger partial charge in [-0.05, 0) is 31.9 Å². The van der Waals surface area contributed by atoms with Crippen LogP contribution in [0.15, 0.2) is 18.2 Å². The van der Waals surface area contributed by atoms with Gasteiger partial charge in [0.05, 0.1) is 12.7 Å². The summed E-state index contributed by atoms with van der Waals surface area (Å²) in [6.45, 7) is 2.38. The topological polar surface area (TPSA) is 66.8 Å². The Balaban J connectivity index is 2.36. The highest BCUT2D eigenvalue weighted by Crippen LogP contribution is 2.25. The number of ether oxygens (including phenoxy) is 1. The fraction of sp³-hybridized carbons (Fsp3) is 0.500. The van der Waals surface area contributed by atoms with Crippen LogP contribution in [-0.4, -0.2) is 41.6 Å². The van der Waals surface area contributed by atoms with Crippen molar-refractivity contribution in [1.29, 1.82) is 0 Å². The number of benzene rings is 1. The zero-order chi connectivity index (χ0) is 15.4. The molecule has 21 heavy (non-hydrogen) atoms. The van der Waals surface area contributed by atoms with E-state index in [0.29, 0.717) is 24.3 Å². The van der Waals surface area contributed by atoms with Crippen molar-refractivity contribution in [2.24, 2.45) is 0 Å². The predicted octanol–water partition coefficient (Wildman–Crippen LogP) is 2.47. The molecule has 5 heteroatoms. The lowest BCUT2D eigenvalue weighted by atomic mass is 10.1. The van der Waals surface area contributed by atoms with Gasteiger partial charge in [-0.25, -0.2) is 4.79 Å². The number of amides is 1. The molecule has 1 fully saturated rings. The molecular formula is C16H21NO4. The van der Waals surface area contributed by atoms with E-state index >= 15 is 0 Å². The number of carboxylic acid groups (broad SMARTS) is 1. The Labute approximate surface area is 124 Å². The number of likely N-dealkylation sites (tertiary alicyclic amines) is 1. The van der Waals surface area contributed by atoms with Gasteiger partial charge in [-0.15, -0.1) is 0 Å². The molecule has 0 spiro atoms. The van der Waals surface area contributed by atoms with Gasteiger partial charge in [0.1, 0.15) is 11.8 Å². The lowest BCUT2D eigenvalue weighted by Crippen LogP contribution is -2.44. The number of carbonyl (C=O) groups excluding carboxylic acids is 1. The fourth-order valence-corrected chi connectivity index (χ4v) is 2.75. The summed E-state index contributed by atoms with van der Waals surface area (Å²) in [6, 6.07) is 4.62. The minimum atomic E-state index is -0.933. The molecular weight excluding hydrogens is 270 g/mol. The molecule has 1 atom stereocenters. The molecule has 1 aromatic rings. The normalized spacial score (nSPS) is 19.0. The molecule has 0 aliphatic carbocycles. The van der Waals surface area contributed by atoms with Crippen LogP contribution < -0.4 is 4.74 Å². The first-order valence-electron chi connectivity index (χ1n) is 7.23. The summed E-state index contributed by atoms with van der Waals surface area (Å²) in [5, 5.41) is 9.39. The van der Waals surface area contributed by atoms with E-state index in [0.717, 1.165) is 24.8 Å². The first-order valence-corrected chi connectivity index (χ1v) is 7.23. The maximum Gasteiger partial charge on any atom is 0.326 e. The van der Waals surface area contributed by atoms with Crippen LogP contribution in [0, 0.1) is 6.92 Å². The molecule has 5 nitrogen and oxygen atoms in total. The standard InChI is InChI=1S/C16H21NO4/c1-11-7-8-14(21-2)12(10-11)15(18)17-9-5-3-4-6-13(17)16(19)20/h7-8,10,13H,3-6,9H2,1-2H3,(H,19,20). The summed E-state index contributed by atoms with van der Waals surface area (Å²) >= 11 is 0. The van der Waals surface area contributed by atoms with Crippen molar-refractivity contribution in [3.05, 3.63) is 29.3 Å². The number of carbonyl (C=O) groups is 2. The molecule has 1 amide bonds. The maximum atomic E-state index is 12.8. The molecule has 0 saturated carbocycles. The van der Waals surface area contributed by atoms with Gasteiger partial charge >= 0.3 is 5.97 Å². The minimum absolute atomic E-state index is 0.259. The largest absolute Gasteiger partial charge is 0.496 e. The molecule has 1 unspecified atom stereocenters. The van der Waals surface area contributed by atoms with Crippen LogP contribution in [0.2, 0.25) is 0 Å². The maximum absolute atomic E-state index is 12.8. The summed E-state index contributed by atoms with van der Waals surface area (Å²) in [5.74, 6) is -0.708. The van der Waals surface area contributed by atoms with Crippen LogP contribution in [-0.2, 0) is 4.79 Å². The Bertz CT molecular complexity index is 541. The van der Waals surface area contributed by atoms with Gasteiger partial charge in [0.2, 0.25) is 0 Å². The summed E-state index contributed by atoms with van der Waals surface area (Å²) in [4.78, 5) is 25.7. The number of carboxylic acids is 1. The highest BCUT2D eigenvalue weighted by Gasteiger charge is 2.32. The van der Waals surface area contributed by atoms with Crippen molar-refractivity contribution in [3.63, 3.8) is 0 Å². The number of nitrogens with zero attached hydrogens (tertiary/aromatic N) is 1. The Kier molecular flexibility index (Phi) is 4.83. The van der Waals surface area contributed by atoms with Crippen molar-refractivity contribution in [2.75, 3.05) is 13.7 Å². The average molecular weight is 291 g/mol. The molecule has 114 valence electrons. The smallest absolute Gasteiger partial charge is 0.326 e. The number of hydrogen-bond donors (Lipinski definition) is 1. The second kappa shape index (κ2) is 6.61. The first-order chi connectivity index (χ1) is 10.0. The number of aryl methyl sites for hydroxylation is 1. The monoisotopic (exact) mass is 291 g/mol. The number of rotatable bonds is 3. The summed E-state index contributed by atoms with van der Waals surface area (Å²) in [5.41, 5.74) is 1.38. The van der Waals surface area contributed by atoms with Gasteiger partial charge in [-0.1, -0.05) is 24.5 Å². The zero-order valence-electron chi connectivity index (χ0n) is 12.5. The molecule has 1 aliphatic heterocycles. The van der Waals surface area contributed by atoms with Gasteiger partial charge in [0, 0.05) is 6.54 Å². The lowest BCUT2D eigenvalue weighted by molar-refractivity contribution is -0.142. The van der Waals surface area contributed by atoms with E-state index in [1.165, 1.54) is 12.0 Å². The fourth-order valence-electron chi connectivity index (χ4n) is 2.75. The third-order valence-electron chi connectivity index (χ3n) is 3.88. The van der Waals surface area contributed by atoms with Gasteiger partial charge in [0.15, 0.2) is 0 Å². The van der Waals surface area contributed by atoms with Crippen LogP contribution in [0.25, 0.3) is 0 Å². The van der Waals surface area contributed by atoms with Gasteiger partial charge in [-0.3, -0.25) is 4.79 Å². The third kappa shape index (κ3) is 3.35. The molecule has 1 N–H and O–H groups in total. The Hall–Kier alpha value is -2.04. The summed E-state index contributed by atoms with van der Waals surface area (Å²) < 4.78 is 5.24. The Morgan fingerprint density at radius 3 is 2.71 bits per heavy atom. The number of aliphatic carboxylic acids is 1. The zero-order valence-corrected chi connectivity index (χ0v) is 12.5. The molecule has 0 aromatic heterocycles. The van der Waals surface area contributed by atoms with Crippen LogP contribution in [0.1, 0.15) is 41.6 Å². The molecule has 1 aliphatic rings. The van der Waals surface area contributed by atoms with E-state index in [-0.39, 0.29) is 5.91 Å². The first kappa shape index (κ1) is 15.4. The van der Waals surface area contributed by atoms with E-state index in [2.05, 4.69) is 0 Å². The van der Waals surface area contributed by atoms with Crippen LogP contribution in [0.3, 0.4) is 0 Å². The van der Waals surface area contributed by atoms with E-state index in [9.17, 15) is 14.7 Å². The van der Waals surface area contributed by atoms with Gasteiger partial charge in [0.25, 0.3) is 5.91 Å². The van der Waals surface area contributed by atoms with Crippen molar-refractivity contribution in [2.45, 2.75) is 38.6 Å². The molecule has 1 aromatic carbocycles. The van der Waals surface area contributed by atoms with Crippen LogP contribution in [0.4, 0.5) is 0 Å². The molecule has 2 rings (SSSR count). The van der Waals surface area contributed by atoms with Crippen LogP contribution >= 0.6 is 0 Å². The molecule has 0 radical (unpaired) electrons. The Morgan fingerprint density at radius 2 is 2.05 bits per heavy atom. The van der Waals surface area contributed by atoms with Crippen molar-refractivity contribution in [3.8, 4) is 5.75 Å². The molecule has 1 heterocycles. The summed E-state index contributed by atoms with van der Waals surface area (Å²) in [7, 11) is 1.51. The number of methoxy groups -OCH3 is 1. The molecule has 0 bridgehead atoms. The minimum Gasteiger partial charge on any atom is -0.496 e. The summed E-state index contributed by atoms with van der Waals surface area (Å²) in [6.07, 6.45) is 3.14. The SMILES string of the molecule is COc1ccc(C)cc1C(=O)N1CCCCCC1C(=O)O. The van der Waals surface area contributed by atoms with Crippen LogP contribution in [0.5, 0.6) is 5.75 Å². The van der Waals surface area contributed by atoms with Gasteiger partial charge < -0.3 is 14.7 Å². The Morgan fingerprint density at radius 1 is 1.29 bits per heavy atom. The number of hydrogen-bond acceptors (Lipinski definition) is 3. The predicted molar refractivity (Wildman–Crippen MR) is 78.7 cm³/mol. The van der Waals surface area contributed by atoms with E-state index in [1.54, 1.807) is 12.1 Å². The van der Waals surface area contributed by atoms with E-state index in [1.807, 2.05) is 13.0 Å². The second-order valence-corrected chi connectivity index (χ2v) is 5.41. The average Bonchev–Trinajstić information content (AvgIpc) is 2.72. The second-order valence-electron chi connectivity index (χ2n) is 5.41. The van der Waals surface area contributed by atoms with Crippen molar-refractivity contribution in [1.82, 2.24) is 4.90 Å². The highest BCUT2D eigenvalue weighted by molar-refractivity contribution is 5.99. The van der Waals surface area contributed by atoms with E-state index < -0.39 is 12.0 Å². The van der Waals surface area contributed by atoms with Crippen molar-refractivity contribution >= 4 is 11.9 Å². The molecule has 1 saturated heterocycles. The van der Waals surface area contributed by atoms with Gasteiger partial charge in [-0.2, -0.15) is 0 Å². The highest BCUT2D eigenvalue weighted by atomic mass is 16.5. The third-order valence-corrected chi connectivity index (χ3v) is 3.88. The quantitative estimate of drug-likeness (QED) is 0.929. The lowest BCUT2D eigenvalue weighted by Gasteiger charge is -2.27.